The van der Waals surface area contributed by atoms with Gasteiger partial charge in [-0.2, -0.15) is 0 Å². The number of carbonyl (C=O) groups excluding carboxylic acids is 3. The van der Waals surface area contributed by atoms with E-state index in [-0.39, 0.29) is 0 Å². The molecule has 0 aromatic carbocycles. The van der Waals surface area contributed by atoms with Crippen LogP contribution in [0.25, 0.3) is 0 Å². The zero-order valence-corrected chi connectivity index (χ0v) is 7.08. The van der Waals surface area contributed by atoms with Crippen LogP contribution in [0, 0.1) is 0 Å². The first-order valence-corrected chi connectivity index (χ1v) is 3.66. The Kier molecular flexibility index (Phi) is 5.10. The maximum atomic E-state index is 10.8. The fourth-order valence-electron chi connectivity index (χ4n) is 0.590. The van der Waals surface area contributed by atoms with E-state index in [2.05, 4.69) is 0 Å². The third-order valence-electron chi connectivity index (χ3n) is 1.40. The van der Waals surface area contributed by atoms with E-state index < -0.39 is 42.8 Å². The van der Waals surface area contributed by atoms with Crippen LogP contribution >= 0.6 is 0 Å². The van der Waals surface area contributed by atoms with Crippen molar-refractivity contribution in [3.05, 3.63) is 0 Å². The maximum Gasteiger partial charge on any atom is 0.269 e. The summed E-state index contributed by atoms with van der Waals surface area (Å²) in [6, 6.07) is 0. The van der Waals surface area contributed by atoms with E-state index in [9.17, 15) is 14.4 Å². The fraction of sp³-hybridized carbons (Fsp3) is 0.571. The smallest absolute Gasteiger partial charge is 0.269 e. The Bertz CT molecular complexity index is 222. The molecule has 4 N–H and O–H groups in total. The van der Waals surface area contributed by atoms with Crippen molar-refractivity contribution in [2.75, 3.05) is 13.2 Å². The first-order valence-electron chi connectivity index (χ1n) is 3.66. The van der Waals surface area contributed by atoms with Crippen molar-refractivity contribution in [2.24, 2.45) is 0 Å². The van der Waals surface area contributed by atoms with Crippen molar-refractivity contribution >= 4 is 17.3 Å². The van der Waals surface area contributed by atoms with Crippen molar-refractivity contribution in [3.63, 3.8) is 0 Å². The van der Waals surface area contributed by atoms with Crippen molar-refractivity contribution in [1.82, 2.24) is 0 Å². The third kappa shape index (κ3) is 2.96. The second kappa shape index (κ2) is 5.55. The third-order valence-corrected chi connectivity index (χ3v) is 1.40. The minimum absolute atomic E-state index is 0.993. The minimum atomic E-state index is -1.97. The summed E-state index contributed by atoms with van der Waals surface area (Å²) in [5.74, 6) is -4.66. The summed E-state index contributed by atoms with van der Waals surface area (Å²) in [6.07, 6.45) is -3.95. The molecule has 0 aliphatic rings. The molecule has 7 heteroatoms. The number of carbonyl (C=O) groups is 3. The molecule has 0 aliphatic carbocycles. The van der Waals surface area contributed by atoms with Gasteiger partial charge < -0.3 is 20.4 Å². The van der Waals surface area contributed by atoms with E-state index in [0.29, 0.717) is 0 Å². The summed E-state index contributed by atoms with van der Waals surface area (Å²) in [4.78, 5) is 32.3. The second-order valence-corrected chi connectivity index (χ2v) is 2.45. The Morgan fingerprint density at radius 2 is 1.14 bits per heavy atom. The number of aliphatic hydroxyl groups is 4. The lowest BCUT2D eigenvalue weighted by molar-refractivity contribution is -0.151. The van der Waals surface area contributed by atoms with Crippen LogP contribution in [-0.4, -0.2) is 63.2 Å². The molecular formula is C7H10O7. The van der Waals surface area contributed by atoms with Crippen LogP contribution in [0.1, 0.15) is 0 Å². The minimum Gasteiger partial charge on any atom is -0.393 e. The van der Waals surface area contributed by atoms with Crippen LogP contribution < -0.4 is 0 Å². The normalized spacial score (nSPS) is 14.6. The summed E-state index contributed by atoms with van der Waals surface area (Å²) >= 11 is 0. The summed E-state index contributed by atoms with van der Waals surface area (Å²) in [5.41, 5.74) is 0. The summed E-state index contributed by atoms with van der Waals surface area (Å²) < 4.78 is 0. The van der Waals surface area contributed by atoms with E-state index in [0.717, 1.165) is 0 Å². The Balaban J connectivity index is 4.48. The molecule has 0 aromatic rings. The van der Waals surface area contributed by atoms with Gasteiger partial charge in [-0.05, 0) is 0 Å². The topological polar surface area (TPSA) is 132 Å². The lowest BCUT2D eigenvalue weighted by Crippen LogP contribution is -2.41. The van der Waals surface area contributed by atoms with Crippen LogP contribution in [0.3, 0.4) is 0 Å². The molecule has 0 heterocycles. The molecule has 0 saturated heterocycles. The van der Waals surface area contributed by atoms with Gasteiger partial charge in [0, 0.05) is 0 Å². The van der Waals surface area contributed by atoms with Crippen molar-refractivity contribution in [1.29, 1.82) is 0 Å². The fourth-order valence-corrected chi connectivity index (χ4v) is 0.590. The first kappa shape index (κ1) is 12.8. The molecule has 14 heavy (non-hydrogen) atoms. The highest BCUT2D eigenvalue weighted by atomic mass is 16.3. The van der Waals surface area contributed by atoms with Gasteiger partial charge in [0.25, 0.3) is 5.78 Å². The second-order valence-electron chi connectivity index (χ2n) is 2.45. The van der Waals surface area contributed by atoms with Gasteiger partial charge in [0.2, 0.25) is 11.6 Å². The van der Waals surface area contributed by atoms with Crippen molar-refractivity contribution in [2.45, 2.75) is 12.2 Å². The van der Waals surface area contributed by atoms with Gasteiger partial charge in [0.1, 0.15) is 12.2 Å². The molecule has 0 amide bonds. The number of Topliss-reactive ketones (excluding diaryl/α,β-unsaturated/α-hetero) is 3. The number of hydrogen-bond donors (Lipinski definition) is 4. The zero-order valence-electron chi connectivity index (χ0n) is 7.08. The van der Waals surface area contributed by atoms with Gasteiger partial charge in [0.15, 0.2) is 0 Å². The quantitative estimate of drug-likeness (QED) is 0.260. The SMILES string of the molecule is O=C(C(=O)C(O)CO)C(=O)[C@H](O)CO. The van der Waals surface area contributed by atoms with Crippen molar-refractivity contribution in [3.8, 4) is 0 Å². The van der Waals surface area contributed by atoms with Gasteiger partial charge >= 0.3 is 0 Å². The van der Waals surface area contributed by atoms with Gasteiger partial charge in [-0.3, -0.25) is 14.4 Å². The predicted molar refractivity (Wildman–Crippen MR) is 41.2 cm³/mol. The molecule has 0 rings (SSSR count). The van der Waals surface area contributed by atoms with Gasteiger partial charge in [0.05, 0.1) is 13.2 Å². The van der Waals surface area contributed by atoms with Crippen molar-refractivity contribution < 1.29 is 34.8 Å². The maximum absolute atomic E-state index is 10.8. The van der Waals surface area contributed by atoms with Crippen LogP contribution in [-0.2, 0) is 14.4 Å². The van der Waals surface area contributed by atoms with E-state index in [4.69, 9.17) is 20.4 Å². The number of hydrogen-bond acceptors (Lipinski definition) is 7. The number of aliphatic hydroxyl groups excluding tert-OH is 4. The number of rotatable bonds is 6. The predicted octanol–water partition coefficient (Wildman–Crippen LogP) is -3.60. The Morgan fingerprint density at radius 3 is 1.36 bits per heavy atom. The lowest BCUT2D eigenvalue weighted by Gasteiger charge is -2.06. The highest BCUT2D eigenvalue weighted by Gasteiger charge is 2.32. The van der Waals surface area contributed by atoms with Gasteiger partial charge in [-0.25, -0.2) is 0 Å². The van der Waals surface area contributed by atoms with Gasteiger partial charge in [-0.1, -0.05) is 0 Å². The standard InChI is InChI=1S/C7H10O7/c8-1-3(10)5(12)7(14)6(13)4(11)2-9/h3-4,8-11H,1-2H2/t3-,4?/m1/s1. The summed E-state index contributed by atoms with van der Waals surface area (Å²) in [6.45, 7) is -1.99. The monoisotopic (exact) mass is 206 g/mol. The molecule has 0 radical (unpaired) electrons. The van der Waals surface area contributed by atoms with Crippen LogP contribution in [0.4, 0.5) is 0 Å². The number of ketones is 3. The molecule has 0 aromatic heterocycles. The Morgan fingerprint density at radius 1 is 0.857 bits per heavy atom. The first-order chi connectivity index (χ1) is 6.45. The molecule has 1 unspecified atom stereocenters. The molecule has 2 atom stereocenters. The van der Waals surface area contributed by atoms with E-state index in [1.165, 1.54) is 0 Å². The van der Waals surface area contributed by atoms with E-state index >= 15 is 0 Å². The van der Waals surface area contributed by atoms with Crippen LogP contribution in [0.2, 0.25) is 0 Å². The highest BCUT2D eigenvalue weighted by Crippen LogP contribution is 1.93. The molecule has 0 bridgehead atoms. The zero-order chi connectivity index (χ0) is 11.3. The van der Waals surface area contributed by atoms with Gasteiger partial charge in [-0.15, -0.1) is 0 Å². The summed E-state index contributed by atoms with van der Waals surface area (Å²) in [5, 5.41) is 33.9. The molecule has 80 valence electrons. The average Bonchev–Trinajstić information content (AvgIpc) is 2.23. The Labute approximate surface area is 78.6 Å². The molecule has 7 nitrogen and oxygen atoms in total. The van der Waals surface area contributed by atoms with Crippen LogP contribution in [0.5, 0.6) is 0 Å². The molecule has 0 spiro atoms. The largest absolute Gasteiger partial charge is 0.393 e. The highest BCUT2D eigenvalue weighted by molar-refractivity contribution is 6.65. The van der Waals surface area contributed by atoms with Crippen LogP contribution in [0.15, 0.2) is 0 Å². The summed E-state index contributed by atoms with van der Waals surface area (Å²) in [7, 11) is 0. The average molecular weight is 206 g/mol. The molecule has 0 fully saturated rings. The van der Waals surface area contributed by atoms with E-state index in [1.807, 2.05) is 0 Å². The Hall–Kier alpha value is -1.15. The molecular weight excluding hydrogens is 196 g/mol. The lowest BCUT2D eigenvalue weighted by atomic mass is 10.1. The molecule has 0 aliphatic heterocycles. The molecule has 0 saturated carbocycles. The van der Waals surface area contributed by atoms with E-state index in [1.54, 1.807) is 0 Å².